The number of pyridine rings is 1. The van der Waals surface area contributed by atoms with E-state index >= 15 is 0 Å². The summed E-state index contributed by atoms with van der Waals surface area (Å²) >= 11 is 0. The van der Waals surface area contributed by atoms with Crippen molar-refractivity contribution >= 4 is 40.1 Å². The van der Waals surface area contributed by atoms with E-state index in [4.69, 9.17) is 9.72 Å². The number of amides is 3. The van der Waals surface area contributed by atoms with Gasteiger partial charge in [0.1, 0.15) is 24.2 Å². The van der Waals surface area contributed by atoms with Crippen LogP contribution in [0.4, 0.5) is 24.7 Å². The second kappa shape index (κ2) is 14.3. The van der Waals surface area contributed by atoms with Crippen LogP contribution in [0.1, 0.15) is 71.3 Å². The molecule has 3 saturated heterocycles. The molecule has 16 heteroatoms. The molecule has 0 aliphatic carbocycles. The van der Waals surface area contributed by atoms with Crippen LogP contribution in [0, 0.1) is 5.92 Å². The van der Waals surface area contributed by atoms with E-state index in [0.29, 0.717) is 30.9 Å². The number of ether oxygens (including phenoxy) is 1. The standard InChI is InChI=1S/C42H46F3N9O4/c1-24-16-30-28(3-5-33-31(30)18-47-49-33)38(54(24)23-42(43,44)45)26-2-8-36(46-17-26)51-12-10-25(11-13-51)19-50-14-15-52-27(20-50)22-58-39-32-21-53(35-7-9-37(55)48-40(35)56)41(57)29(32)4-6-34(39)52/h2-6,8,17-18,24-25,27,35,38H,7,9-16,19-23H2,1H3,(H,47,49)(H,48,55,56)/t24-,27-,35+,38+/m1/s1. The number of H-pyrrole nitrogens is 1. The molecule has 10 rings (SSSR count). The zero-order chi connectivity index (χ0) is 39.9. The second-order valence-electron chi connectivity index (χ2n) is 16.8. The molecule has 6 aliphatic heterocycles. The molecule has 58 heavy (non-hydrogen) atoms. The Labute approximate surface area is 333 Å². The number of aromatic nitrogens is 3. The van der Waals surface area contributed by atoms with E-state index in [0.717, 1.165) is 103 Å². The number of carbonyl (C=O) groups excluding carboxylic acids is 3. The third-order valence-electron chi connectivity index (χ3n) is 13.3. The highest BCUT2D eigenvalue weighted by Gasteiger charge is 2.44. The lowest BCUT2D eigenvalue weighted by Crippen LogP contribution is -2.58. The van der Waals surface area contributed by atoms with Crippen LogP contribution in [0.2, 0.25) is 0 Å². The van der Waals surface area contributed by atoms with E-state index in [1.165, 1.54) is 0 Å². The predicted octanol–water partition coefficient (Wildman–Crippen LogP) is 4.42. The number of nitrogens with zero attached hydrogens (tertiary/aromatic N) is 7. The lowest BCUT2D eigenvalue weighted by Gasteiger charge is -2.47. The van der Waals surface area contributed by atoms with E-state index in [9.17, 15) is 27.6 Å². The molecular weight excluding hydrogens is 752 g/mol. The molecule has 13 nitrogen and oxygen atoms in total. The van der Waals surface area contributed by atoms with Crippen LogP contribution in [0.15, 0.2) is 48.8 Å². The first-order valence-corrected chi connectivity index (χ1v) is 20.4. The number of alkyl halides is 3. The molecule has 0 bridgehead atoms. The van der Waals surface area contributed by atoms with Crippen LogP contribution in [0.3, 0.4) is 0 Å². The number of rotatable bonds is 6. The van der Waals surface area contributed by atoms with Crippen molar-refractivity contribution in [2.75, 3.05) is 62.2 Å². The van der Waals surface area contributed by atoms with Crippen molar-refractivity contribution in [2.24, 2.45) is 5.92 Å². The molecule has 304 valence electrons. The Kier molecular flexibility index (Phi) is 9.11. The van der Waals surface area contributed by atoms with E-state index in [1.807, 2.05) is 43.3 Å². The number of aromatic amines is 1. The van der Waals surface area contributed by atoms with Gasteiger partial charge in [-0.1, -0.05) is 12.1 Å². The van der Waals surface area contributed by atoms with Crippen LogP contribution in [0.5, 0.6) is 5.75 Å². The fraction of sp³-hybridized carbons (Fsp3) is 0.500. The number of nitrogens with one attached hydrogen (secondary N) is 2. The molecule has 3 fully saturated rings. The first kappa shape index (κ1) is 37.1. The topological polar surface area (TPSA) is 130 Å². The maximum atomic E-state index is 13.9. The molecule has 0 radical (unpaired) electrons. The van der Waals surface area contributed by atoms with Crippen molar-refractivity contribution in [3.05, 3.63) is 76.6 Å². The van der Waals surface area contributed by atoms with Gasteiger partial charge >= 0.3 is 6.18 Å². The Morgan fingerprint density at radius 1 is 0.931 bits per heavy atom. The molecule has 2 aromatic heterocycles. The lowest BCUT2D eigenvalue weighted by atomic mass is 9.84. The van der Waals surface area contributed by atoms with Gasteiger partial charge in [0.15, 0.2) is 0 Å². The minimum absolute atomic E-state index is 0.183. The molecule has 2 N–H and O–H groups in total. The fourth-order valence-corrected chi connectivity index (χ4v) is 10.4. The minimum Gasteiger partial charge on any atom is -0.489 e. The van der Waals surface area contributed by atoms with Gasteiger partial charge in [0, 0.05) is 74.4 Å². The summed E-state index contributed by atoms with van der Waals surface area (Å²) in [5.74, 6) is 1.18. The second-order valence-corrected chi connectivity index (χ2v) is 16.8. The van der Waals surface area contributed by atoms with Crippen molar-refractivity contribution in [1.29, 1.82) is 0 Å². The molecule has 0 unspecified atom stereocenters. The van der Waals surface area contributed by atoms with Crippen LogP contribution in [-0.4, -0.2) is 124 Å². The van der Waals surface area contributed by atoms with E-state index in [-0.39, 0.29) is 36.9 Å². The quantitative estimate of drug-likeness (QED) is 0.271. The number of hydrogen-bond donors (Lipinski definition) is 2. The maximum absolute atomic E-state index is 13.9. The van der Waals surface area contributed by atoms with Gasteiger partial charge in [0.25, 0.3) is 5.91 Å². The molecule has 8 heterocycles. The Balaban J connectivity index is 0.766. The van der Waals surface area contributed by atoms with E-state index in [2.05, 4.69) is 30.2 Å². The highest BCUT2D eigenvalue weighted by molar-refractivity contribution is 6.06. The summed E-state index contributed by atoms with van der Waals surface area (Å²) in [6.07, 6.45) is 2.28. The van der Waals surface area contributed by atoms with Crippen molar-refractivity contribution in [3.63, 3.8) is 0 Å². The van der Waals surface area contributed by atoms with Gasteiger partial charge in [-0.3, -0.25) is 34.6 Å². The van der Waals surface area contributed by atoms with Gasteiger partial charge in [0.05, 0.1) is 42.6 Å². The summed E-state index contributed by atoms with van der Waals surface area (Å²) in [7, 11) is 0. The number of anilines is 2. The Bertz CT molecular complexity index is 2270. The van der Waals surface area contributed by atoms with Gasteiger partial charge in [-0.05, 0) is 79.5 Å². The summed E-state index contributed by atoms with van der Waals surface area (Å²) < 4.78 is 48.1. The normalized spacial score (nSPS) is 25.7. The number of halogens is 3. The molecule has 4 aromatic rings. The fourth-order valence-electron chi connectivity index (χ4n) is 10.4. The van der Waals surface area contributed by atoms with Gasteiger partial charge < -0.3 is 19.4 Å². The number of hydrogen-bond acceptors (Lipinski definition) is 10. The molecule has 3 amide bonds. The molecule has 0 saturated carbocycles. The Hall–Kier alpha value is -5.22. The van der Waals surface area contributed by atoms with Gasteiger partial charge in [0.2, 0.25) is 11.8 Å². The highest BCUT2D eigenvalue weighted by atomic mass is 19.4. The SMILES string of the molecule is C[C@@H]1Cc2c(ccc3[nH]ncc23)[C@H](c2ccc(N3CCC(CN4CCN5c6ccc7c(c6OC[C@H]5C4)CN([C@H]4CCC(=O)NC4=O)C7=O)CC3)nc2)N1CC(F)(F)F. The van der Waals surface area contributed by atoms with Crippen molar-refractivity contribution in [3.8, 4) is 5.75 Å². The molecule has 4 atom stereocenters. The molecular formula is C42H46F3N9O4. The Morgan fingerprint density at radius 2 is 1.78 bits per heavy atom. The minimum atomic E-state index is -4.33. The van der Waals surface area contributed by atoms with Crippen LogP contribution < -0.4 is 19.9 Å². The zero-order valence-electron chi connectivity index (χ0n) is 32.3. The van der Waals surface area contributed by atoms with Crippen molar-refractivity contribution in [1.82, 2.24) is 35.2 Å². The number of benzene rings is 2. The number of piperidine rings is 2. The average molecular weight is 798 g/mol. The summed E-state index contributed by atoms with van der Waals surface area (Å²) in [5.41, 5.74) is 5.91. The van der Waals surface area contributed by atoms with Crippen LogP contribution in [0.25, 0.3) is 10.9 Å². The first-order chi connectivity index (χ1) is 28.0. The zero-order valence-corrected chi connectivity index (χ0v) is 32.3. The maximum Gasteiger partial charge on any atom is 0.401 e. The number of carbonyl (C=O) groups is 3. The Morgan fingerprint density at radius 3 is 2.55 bits per heavy atom. The van der Waals surface area contributed by atoms with E-state index < -0.39 is 30.7 Å². The number of imide groups is 1. The van der Waals surface area contributed by atoms with Crippen LogP contribution in [-0.2, 0) is 22.6 Å². The van der Waals surface area contributed by atoms with Gasteiger partial charge in [-0.25, -0.2) is 4.98 Å². The summed E-state index contributed by atoms with van der Waals surface area (Å²) in [4.78, 5) is 52.8. The molecule has 6 aliphatic rings. The van der Waals surface area contributed by atoms with E-state index in [1.54, 1.807) is 22.2 Å². The van der Waals surface area contributed by atoms with Crippen LogP contribution >= 0.6 is 0 Å². The lowest BCUT2D eigenvalue weighted by molar-refractivity contribution is -0.155. The average Bonchev–Trinajstić information content (AvgIpc) is 3.83. The van der Waals surface area contributed by atoms with Crippen molar-refractivity contribution < 1.29 is 32.3 Å². The molecule has 0 spiro atoms. The predicted molar refractivity (Wildman–Crippen MR) is 209 cm³/mol. The van der Waals surface area contributed by atoms with Gasteiger partial charge in [-0.15, -0.1) is 0 Å². The van der Waals surface area contributed by atoms with Crippen molar-refractivity contribution in [2.45, 2.75) is 75.9 Å². The number of piperazine rings is 1. The summed E-state index contributed by atoms with van der Waals surface area (Å²) in [5, 5.41) is 10.5. The summed E-state index contributed by atoms with van der Waals surface area (Å²) in [6, 6.07) is 10.2. The third kappa shape index (κ3) is 6.53. The highest BCUT2D eigenvalue weighted by Crippen LogP contribution is 2.45. The number of fused-ring (bicyclic) bond motifs is 8. The smallest absolute Gasteiger partial charge is 0.401 e. The summed E-state index contributed by atoms with van der Waals surface area (Å²) in [6.45, 7) is 7.02. The monoisotopic (exact) mass is 797 g/mol. The third-order valence-corrected chi connectivity index (χ3v) is 13.3. The van der Waals surface area contributed by atoms with Gasteiger partial charge in [-0.2, -0.15) is 18.3 Å². The largest absolute Gasteiger partial charge is 0.489 e. The molecule has 2 aromatic carbocycles. The first-order valence-electron chi connectivity index (χ1n) is 20.4.